The second kappa shape index (κ2) is 4.73. The van der Waals surface area contributed by atoms with E-state index < -0.39 is 0 Å². The maximum absolute atomic E-state index is 13.0. The number of aromatic nitrogens is 2. The van der Waals surface area contributed by atoms with Crippen LogP contribution >= 0.6 is 34.2 Å². The van der Waals surface area contributed by atoms with Gasteiger partial charge in [0.05, 0.1) is 11.2 Å². The van der Waals surface area contributed by atoms with Crippen molar-refractivity contribution in [1.82, 2.24) is 9.78 Å². The van der Waals surface area contributed by atoms with Crippen molar-refractivity contribution in [1.29, 1.82) is 0 Å². The highest BCUT2D eigenvalue weighted by Crippen LogP contribution is 2.22. The van der Waals surface area contributed by atoms with Crippen LogP contribution in [-0.4, -0.2) is 15.6 Å². The largest absolute Gasteiger partial charge is 0.287 e. The number of rotatable bonds is 2. The number of halogens is 3. The van der Waals surface area contributed by atoms with Gasteiger partial charge in [0.25, 0.3) is 0 Å². The smallest absolute Gasteiger partial charge is 0.213 e. The molecular formula is C11H7ClFIN2O. The Bertz CT molecular complexity index is 578. The molecule has 3 nitrogen and oxygen atoms in total. The van der Waals surface area contributed by atoms with Crippen molar-refractivity contribution >= 4 is 40.0 Å². The molecular weight excluding hydrogens is 357 g/mol. The Morgan fingerprint density at radius 2 is 2.24 bits per heavy atom. The molecule has 1 aromatic carbocycles. The molecule has 0 aliphatic carbocycles. The summed E-state index contributed by atoms with van der Waals surface area (Å²) in [6.45, 7) is 0. The van der Waals surface area contributed by atoms with E-state index in [1.807, 2.05) is 22.6 Å². The predicted octanol–water partition coefficient (Wildman–Crippen LogP) is 3.05. The lowest BCUT2D eigenvalue weighted by atomic mass is 10.1. The van der Waals surface area contributed by atoms with Crippen LogP contribution in [0.4, 0.5) is 4.39 Å². The Morgan fingerprint density at radius 1 is 1.53 bits per heavy atom. The second-order valence-corrected chi connectivity index (χ2v) is 4.99. The SMILES string of the molecule is Cn1ncc(Cl)c1C(=O)c1ccc(F)cc1I. The first-order valence-electron chi connectivity index (χ1n) is 4.68. The molecule has 0 fully saturated rings. The second-order valence-electron chi connectivity index (χ2n) is 3.42. The number of benzene rings is 1. The summed E-state index contributed by atoms with van der Waals surface area (Å²) in [6, 6.07) is 4.00. The topological polar surface area (TPSA) is 34.9 Å². The van der Waals surface area contributed by atoms with E-state index in [0.29, 0.717) is 14.8 Å². The third-order valence-corrected chi connectivity index (χ3v) is 3.45. The maximum Gasteiger partial charge on any atom is 0.213 e. The number of aryl methyl sites for hydroxylation is 1. The fraction of sp³-hybridized carbons (Fsp3) is 0.0909. The van der Waals surface area contributed by atoms with Crippen LogP contribution in [-0.2, 0) is 7.05 Å². The zero-order valence-corrected chi connectivity index (χ0v) is 11.7. The van der Waals surface area contributed by atoms with Crippen LogP contribution in [0.1, 0.15) is 16.1 Å². The number of nitrogens with zero attached hydrogens (tertiary/aromatic N) is 2. The summed E-state index contributed by atoms with van der Waals surface area (Å²) in [5.74, 6) is -0.638. The van der Waals surface area contributed by atoms with Gasteiger partial charge in [-0.15, -0.1) is 0 Å². The molecule has 88 valence electrons. The minimum absolute atomic E-state index is 0.264. The van der Waals surface area contributed by atoms with Crippen molar-refractivity contribution in [2.24, 2.45) is 7.05 Å². The van der Waals surface area contributed by atoms with Crippen LogP contribution in [0.15, 0.2) is 24.4 Å². The Balaban J connectivity index is 2.51. The molecule has 0 amide bonds. The van der Waals surface area contributed by atoms with Crippen LogP contribution < -0.4 is 0 Å². The average Bonchev–Trinajstić information content (AvgIpc) is 2.58. The van der Waals surface area contributed by atoms with Crippen LogP contribution in [0.25, 0.3) is 0 Å². The summed E-state index contributed by atoms with van der Waals surface area (Å²) < 4.78 is 14.9. The van der Waals surface area contributed by atoms with E-state index in [-0.39, 0.29) is 16.6 Å². The van der Waals surface area contributed by atoms with Crippen LogP contribution in [0, 0.1) is 9.39 Å². The van der Waals surface area contributed by atoms with Crippen LogP contribution in [0.5, 0.6) is 0 Å². The Hall–Kier alpha value is -0.950. The van der Waals surface area contributed by atoms with E-state index in [4.69, 9.17) is 11.6 Å². The van der Waals surface area contributed by atoms with Crippen molar-refractivity contribution in [2.45, 2.75) is 0 Å². The van der Waals surface area contributed by atoms with Crippen molar-refractivity contribution < 1.29 is 9.18 Å². The van der Waals surface area contributed by atoms with Crippen LogP contribution in [0.2, 0.25) is 5.02 Å². The van der Waals surface area contributed by atoms with Gasteiger partial charge in [-0.3, -0.25) is 9.48 Å². The molecule has 0 atom stereocenters. The molecule has 0 saturated heterocycles. The minimum Gasteiger partial charge on any atom is -0.287 e. The number of hydrogen-bond donors (Lipinski definition) is 0. The van der Waals surface area contributed by atoms with Gasteiger partial charge in [0.2, 0.25) is 5.78 Å². The standard InChI is InChI=1S/C11H7ClFIN2O/c1-16-10(8(12)5-15-16)11(17)7-3-2-6(13)4-9(7)14/h2-5H,1H3. The van der Waals surface area contributed by atoms with Gasteiger partial charge in [-0.05, 0) is 40.8 Å². The molecule has 0 N–H and O–H groups in total. The molecule has 2 rings (SSSR count). The maximum atomic E-state index is 13.0. The summed E-state index contributed by atoms with van der Waals surface area (Å²) in [5.41, 5.74) is 0.716. The molecule has 6 heteroatoms. The van der Waals surface area contributed by atoms with Crippen molar-refractivity contribution in [3.63, 3.8) is 0 Å². The molecule has 0 aliphatic rings. The first kappa shape index (κ1) is 12.5. The molecule has 2 aromatic rings. The first-order chi connectivity index (χ1) is 8.00. The molecule has 1 heterocycles. The van der Waals surface area contributed by atoms with Gasteiger partial charge >= 0.3 is 0 Å². The van der Waals surface area contributed by atoms with Crippen LogP contribution in [0.3, 0.4) is 0 Å². The molecule has 0 aliphatic heterocycles. The van der Waals surface area contributed by atoms with E-state index >= 15 is 0 Å². The Labute approximate surface area is 116 Å². The summed E-state index contributed by atoms with van der Waals surface area (Å²) >= 11 is 7.81. The number of hydrogen-bond acceptors (Lipinski definition) is 2. The highest BCUT2D eigenvalue weighted by Gasteiger charge is 2.19. The minimum atomic E-state index is -0.373. The van der Waals surface area contributed by atoms with Gasteiger partial charge in [0, 0.05) is 16.2 Å². The van der Waals surface area contributed by atoms with E-state index in [1.54, 1.807) is 7.05 Å². The number of carbonyl (C=O) groups is 1. The first-order valence-corrected chi connectivity index (χ1v) is 6.13. The quantitative estimate of drug-likeness (QED) is 0.606. The lowest BCUT2D eigenvalue weighted by Crippen LogP contribution is -2.10. The molecule has 17 heavy (non-hydrogen) atoms. The summed E-state index contributed by atoms with van der Waals surface area (Å²) in [7, 11) is 1.63. The van der Waals surface area contributed by atoms with Crippen molar-refractivity contribution in [2.75, 3.05) is 0 Å². The van der Waals surface area contributed by atoms with Gasteiger partial charge in [-0.25, -0.2) is 4.39 Å². The molecule has 0 bridgehead atoms. The lowest BCUT2D eigenvalue weighted by Gasteiger charge is -2.04. The van der Waals surface area contributed by atoms with E-state index in [9.17, 15) is 9.18 Å². The van der Waals surface area contributed by atoms with E-state index in [2.05, 4.69) is 5.10 Å². The molecule has 0 unspecified atom stereocenters. The zero-order valence-electron chi connectivity index (χ0n) is 8.75. The molecule has 0 saturated carbocycles. The summed E-state index contributed by atoms with van der Waals surface area (Å²) in [4.78, 5) is 12.2. The monoisotopic (exact) mass is 364 g/mol. The van der Waals surface area contributed by atoms with E-state index in [1.165, 1.54) is 29.1 Å². The van der Waals surface area contributed by atoms with Gasteiger partial charge < -0.3 is 0 Å². The van der Waals surface area contributed by atoms with Crippen molar-refractivity contribution in [3.8, 4) is 0 Å². The third kappa shape index (κ3) is 2.35. The number of carbonyl (C=O) groups excluding carboxylic acids is 1. The van der Waals surface area contributed by atoms with Gasteiger partial charge in [-0.1, -0.05) is 11.6 Å². The highest BCUT2D eigenvalue weighted by molar-refractivity contribution is 14.1. The zero-order chi connectivity index (χ0) is 12.6. The predicted molar refractivity (Wildman–Crippen MR) is 70.8 cm³/mol. The average molecular weight is 365 g/mol. The van der Waals surface area contributed by atoms with Gasteiger partial charge in [-0.2, -0.15) is 5.10 Å². The molecule has 0 radical (unpaired) electrons. The third-order valence-electron chi connectivity index (χ3n) is 2.28. The number of ketones is 1. The Kier molecular flexibility index (Phi) is 3.48. The Morgan fingerprint density at radius 3 is 2.76 bits per heavy atom. The molecule has 1 aromatic heterocycles. The highest BCUT2D eigenvalue weighted by atomic mass is 127. The summed E-state index contributed by atoms with van der Waals surface area (Å²) in [6.07, 6.45) is 1.41. The van der Waals surface area contributed by atoms with Gasteiger partial charge in [0.1, 0.15) is 11.5 Å². The fourth-order valence-electron chi connectivity index (χ4n) is 1.47. The molecule has 0 spiro atoms. The van der Waals surface area contributed by atoms with Crippen molar-refractivity contribution in [3.05, 3.63) is 50.1 Å². The fourth-order valence-corrected chi connectivity index (χ4v) is 2.44. The van der Waals surface area contributed by atoms with Gasteiger partial charge in [0.15, 0.2) is 0 Å². The normalized spacial score (nSPS) is 10.6. The van der Waals surface area contributed by atoms with E-state index in [0.717, 1.165) is 0 Å². The lowest BCUT2D eigenvalue weighted by molar-refractivity contribution is 0.102. The summed E-state index contributed by atoms with van der Waals surface area (Å²) in [5, 5.41) is 4.19.